The van der Waals surface area contributed by atoms with Gasteiger partial charge in [-0.2, -0.15) is 0 Å². The van der Waals surface area contributed by atoms with Gasteiger partial charge in [0.1, 0.15) is 11.6 Å². The molecule has 0 unspecified atom stereocenters. The zero-order valence-corrected chi connectivity index (χ0v) is 16.9. The Morgan fingerprint density at radius 1 is 1.10 bits per heavy atom. The standard InChI is InChI=1S/C23H25FN2O3/c1-14-6-4-5-7-18(14)22-20-13-25(15(2)27)11-16(20)12-26(22)23(28)19-9-8-17(24)10-21(19)29-3/h4-10,16,20,22H,11-13H2,1-3H3/t16-,20-,22+/m0/s1. The lowest BCUT2D eigenvalue weighted by atomic mass is 9.87. The number of carbonyl (C=O) groups is 2. The Bertz CT molecular complexity index is 961. The fourth-order valence-corrected chi connectivity index (χ4v) is 4.82. The largest absolute Gasteiger partial charge is 0.496 e. The number of halogens is 1. The van der Waals surface area contributed by atoms with Crippen LogP contribution in [0.4, 0.5) is 4.39 Å². The van der Waals surface area contributed by atoms with Gasteiger partial charge in [-0.1, -0.05) is 24.3 Å². The van der Waals surface area contributed by atoms with Crippen LogP contribution >= 0.6 is 0 Å². The zero-order valence-electron chi connectivity index (χ0n) is 16.9. The number of likely N-dealkylation sites (tertiary alicyclic amines) is 2. The highest BCUT2D eigenvalue weighted by Crippen LogP contribution is 2.46. The first-order chi connectivity index (χ1) is 13.9. The van der Waals surface area contributed by atoms with Gasteiger partial charge >= 0.3 is 0 Å². The van der Waals surface area contributed by atoms with Gasteiger partial charge in [0, 0.05) is 44.5 Å². The molecule has 2 amide bonds. The van der Waals surface area contributed by atoms with E-state index < -0.39 is 5.82 Å². The second-order valence-corrected chi connectivity index (χ2v) is 7.95. The third kappa shape index (κ3) is 3.37. The van der Waals surface area contributed by atoms with Crippen LogP contribution in [0.1, 0.15) is 34.5 Å². The predicted octanol–water partition coefficient (Wildman–Crippen LogP) is 3.43. The molecular weight excluding hydrogens is 371 g/mol. The number of methoxy groups -OCH3 is 1. The fraction of sp³-hybridized carbons (Fsp3) is 0.391. The second-order valence-electron chi connectivity index (χ2n) is 7.95. The van der Waals surface area contributed by atoms with Crippen LogP contribution in [0.3, 0.4) is 0 Å². The van der Waals surface area contributed by atoms with Crippen molar-refractivity contribution >= 4 is 11.8 Å². The van der Waals surface area contributed by atoms with Crippen LogP contribution in [0.25, 0.3) is 0 Å². The average molecular weight is 396 g/mol. The Morgan fingerprint density at radius 2 is 1.86 bits per heavy atom. The molecule has 0 bridgehead atoms. The SMILES string of the molecule is COc1cc(F)ccc1C(=O)N1C[C@@H]2CN(C(C)=O)C[C@@H]2[C@H]1c1ccccc1C. The molecule has 0 N–H and O–H groups in total. The summed E-state index contributed by atoms with van der Waals surface area (Å²) in [5.41, 5.74) is 2.57. The van der Waals surface area contributed by atoms with E-state index in [2.05, 4.69) is 6.07 Å². The minimum Gasteiger partial charge on any atom is -0.496 e. The number of nitrogens with zero attached hydrogens (tertiary/aromatic N) is 2. The molecule has 29 heavy (non-hydrogen) atoms. The molecule has 2 aliphatic rings. The molecule has 4 rings (SSSR count). The molecule has 0 aromatic heterocycles. The number of hydrogen-bond donors (Lipinski definition) is 0. The lowest BCUT2D eigenvalue weighted by Gasteiger charge is -2.31. The third-order valence-electron chi connectivity index (χ3n) is 6.27. The van der Waals surface area contributed by atoms with Crippen LogP contribution < -0.4 is 4.74 Å². The second kappa shape index (κ2) is 7.50. The summed E-state index contributed by atoms with van der Waals surface area (Å²) in [7, 11) is 1.44. The van der Waals surface area contributed by atoms with E-state index in [-0.39, 0.29) is 35.4 Å². The molecule has 5 nitrogen and oxygen atoms in total. The van der Waals surface area contributed by atoms with E-state index in [1.54, 1.807) is 6.92 Å². The van der Waals surface area contributed by atoms with Gasteiger partial charge in [-0.25, -0.2) is 4.39 Å². The van der Waals surface area contributed by atoms with E-state index in [9.17, 15) is 14.0 Å². The zero-order chi connectivity index (χ0) is 20.7. The highest BCUT2D eigenvalue weighted by atomic mass is 19.1. The van der Waals surface area contributed by atoms with Crippen molar-refractivity contribution < 1.29 is 18.7 Å². The number of ether oxygens (including phenoxy) is 1. The van der Waals surface area contributed by atoms with Crippen molar-refractivity contribution in [1.29, 1.82) is 0 Å². The van der Waals surface area contributed by atoms with Gasteiger partial charge in [0.05, 0.1) is 18.7 Å². The molecule has 0 aliphatic carbocycles. The van der Waals surface area contributed by atoms with Crippen molar-refractivity contribution in [2.45, 2.75) is 19.9 Å². The summed E-state index contributed by atoms with van der Waals surface area (Å²) >= 11 is 0. The molecule has 0 saturated carbocycles. The Morgan fingerprint density at radius 3 is 2.55 bits per heavy atom. The van der Waals surface area contributed by atoms with Crippen molar-refractivity contribution in [1.82, 2.24) is 9.80 Å². The van der Waals surface area contributed by atoms with Gasteiger partial charge < -0.3 is 14.5 Å². The van der Waals surface area contributed by atoms with Crippen LogP contribution in [0.2, 0.25) is 0 Å². The highest BCUT2D eigenvalue weighted by molar-refractivity contribution is 5.97. The summed E-state index contributed by atoms with van der Waals surface area (Å²) < 4.78 is 18.9. The van der Waals surface area contributed by atoms with Crippen LogP contribution in [-0.2, 0) is 4.79 Å². The quantitative estimate of drug-likeness (QED) is 0.799. The van der Waals surface area contributed by atoms with Gasteiger partial charge in [-0.05, 0) is 30.2 Å². The smallest absolute Gasteiger partial charge is 0.258 e. The molecule has 2 saturated heterocycles. The minimum absolute atomic E-state index is 0.0704. The van der Waals surface area contributed by atoms with E-state index >= 15 is 0 Å². The van der Waals surface area contributed by atoms with E-state index in [4.69, 9.17) is 4.74 Å². The monoisotopic (exact) mass is 396 g/mol. The maximum absolute atomic E-state index is 13.6. The van der Waals surface area contributed by atoms with Crippen molar-refractivity contribution in [2.24, 2.45) is 11.8 Å². The van der Waals surface area contributed by atoms with Crippen LogP contribution in [0.15, 0.2) is 42.5 Å². The Hall–Kier alpha value is -2.89. The molecular formula is C23H25FN2O3. The van der Waals surface area contributed by atoms with Crippen LogP contribution in [0.5, 0.6) is 5.75 Å². The normalized spacial score (nSPS) is 23.2. The topological polar surface area (TPSA) is 49.9 Å². The first-order valence-corrected chi connectivity index (χ1v) is 9.86. The van der Waals surface area contributed by atoms with Gasteiger partial charge in [0.15, 0.2) is 0 Å². The third-order valence-corrected chi connectivity index (χ3v) is 6.27. The first-order valence-electron chi connectivity index (χ1n) is 9.86. The molecule has 2 fully saturated rings. The number of hydrogen-bond acceptors (Lipinski definition) is 3. The van der Waals surface area contributed by atoms with Crippen molar-refractivity contribution in [3.05, 3.63) is 65.0 Å². The summed E-state index contributed by atoms with van der Waals surface area (Å²) in [6, 6.07) is 11.9. The summed E-state index contributed by atoms with van der Waals surface area (Å²) in [5.74, 6) is 0.0967. The fourth-order valence-electron chi connectivity index (χ4n) is 4.82. The number of benzene rings is 2. The maximum atomic E-state index is 13.6. The number of rotatable bonds is 3. The molecule has 0 spiro atoms. The summed E-state index contributed by atoms with van der Waals surface area (Å²) in [6.07, 6.45) is 0. The predicted molar refractivity (Wildman–Crippen MR) is 107 cm³/mol. The average Bonchev–Trinajstić information content (AvgIpc) is 3.26. The van der Waals surface area contributed by atoms with Crippen molar-refractivity contribution in [3.63, 3.8) is 0 Å². The minimum atomic E-state index is -0.441. The Labute approximate surface area is 170 Å². The lowest BCUT2D eigenvalue weighted by molar-refractivity contribution is -0.128. The molecule has 2 aromatic carbocycles. The Balaban J connectivity index is 1.74. The molecule has 2 heterocycles. The highest BCUT2D eigenvalue weighted by Gasteiger charge is 2.50. The van der Waals surface area contributed by atoms with Crippen LogP contribution in [-0.4, -0.2) is 48.4 Å². The van der Waals surface area contributed by atoms with Crippen LogP contribution in [0, 0.1) is 24.6 Å². The van der Waals surface area contributed by atoms with E-state index in [0.29, 0.717) is 25.2 Å². The molecule has 3 atom stereocenters. The van der Waals surface area contributed by atoms with Gasteiger partial charge in [0.25, 0.3) is 5.91 Å². The van der Waals surface area contributed by atoms with Crippen molar-refractivity contribution in [2.75, 3.05) is 26.7 Å². The number of amides is 2. The van der Waals surface area contributed by atoms with E-state index in [0.717, 1.165) is 11.1 Å². The molecule has 2 aliphatic heterocycles. The van der Waals surface area contributed by atoms with Gasteiger partial charge in [-0.3, -0.25) is 9.59 Å². The summed E-state index contributed by atoms with van der Waals surface area (Å²) in [6.45, 7) is 5.50. The molecule has 152 valence electrons. The van der Waals surface area contributed by atoms with E-state index in [1.165, 1.54) is 25.3 Å². The van der Waals surface area contributed by atoms with Crippen molar-refractivity contribution in [3.8, 4) is 5.75 Å². The number of aryl methyl sites for hydroxylation is 1. The van der Waals surface area contributed by atoms with E-state index in [1.807, 2.05) is 34.9 Å². The number of carbonyl (C=O) groups excluding carboxylic acids is 2. The molecule has 0 radical (unpaired) electrons. The molecule has 2 aromatic rings. The summed E-state index contributed by atoms with van der Waals surface area (Å²) in [5, 5.41) is 0. The van der Waals surface area contributed by atoms with Gasteiger partial charge in [-0.15, -0.1) is 0 Å². The Kier molecular flexibility index (Phi) is 5.03. The first kappa shape index (κ1) is 19.4. The summed E-state index contributed by atoms with van der Waals surface area (Å²) in [4.78, 5) is 29.2. The van der Waals surface area contributed by atoms with Gasteiger partial charge in [0.2, 0.25) is 5.91 Å². The molecule has 6 heteroatoms. The maximum Gasteiger partial charge on any atom is 0.258 e. The number of fused-ring (bicyclic) bond motifs is 1. The lowest BCUT2D eigenvalue weighted by Crippen LogP contribution is -2.37.